The van der Waals surface area contributed by atoms with E-state index in [0.29, 0.717) is 6.42 Å². The minimum Gasteiger partial charge on any atom is -0.345 e. The second kappa shape index (κ2) is 4.13. The normalized spacial score (nSPS) is 22.1. The number of carbonyl (C=O) groups excluding carboxylic acids is 1. The van der Waals surface area contributed by atoms with Crippen LogP contribution in [0.15, 0.2) is 0 Å². The molecular formula is C6H11NOS2. The Morgan fingerprint density at radius 3 is 2.90 bits per heavy atom. The lowest BCUT2D eigenvalue weighted by molar-refractivity contribution is -0.129. The molecule has 58 valence electrons. The molecule has 0 N–H and O–H groups in total. The Bertz CT molecular complexity index is 129. The molecule has 0 bridgehead atoms. The molecule has 1 heterocycles. The molecule has 4 heteroatoms. The van der Waals surface area contributed by atoms with Crippen LogP contribution < -0.4 is 0 Å². The Morgan fingerprint density at radius 1 is 1.40 bits per heavy atom. The summed E-state index contributed by atoms with van der Waals surface area (Å²) >= 11 is 0. The van der Waals surface area contributed by atoms with Gasteiger partial charge in [0.05, 0.1) is 0 Å². The lowest BCUT2D eigenvalue weighted by atomic mass is 10.4. The SMILES string of the molecule is CN1CCSSCCC1=O. The highest BCUT2D eigenvalue weighted by Gasteiger charge is 2.10. The lowest BCUT2D eigenvalue weighted by Gasteiger charge is -2.18. The van der Waals surface area contributed by atoms with Crippen molar-refractivity contribution in [2.45, 2.75) is 6.42 Å². The van der Waals surface area contributed by atoms with Gasteiger partial charge in [-0.25, -0.2) is 0 Å². The Labute approximate surface area is 69.1 Å². The molecule has 0 spiro atoms. The molecule has 10 heavy (non-hydrogen) atoms. The first-order valence-electron chi connectivity index (χ1n) is 3.29. The van der Waals surface area contributed by atoms with Crippen molar-refractivity contribution < 1.29 is 4.79 Å². The maximum Gasteiger partial charge on any atom is 0.223 e. The maximum absolute atomic E-state index is 11.1. The van der Waals surface area contributed by atoms with Crippen molar-refractivity contribution in [3.63, 3.8) is 0 Å². The number of hydrogen-bond donors (Lipinski definition) is 0. The highest BCUT2D eigenvalue weighted by atomic mass is 33.1. The van der Waals surface area contributed by atoms with E-state index in [4.69, 9.17) is 0 Å². The van der Waals surface area contributed by atoms with Crippen LogP contribution in [-0.4, -0.2) is 35.9 Å². The number of hydrogen-bond acceptors (Lipinski definition) is 3. The van der Waals surface area contributed by atoms with Crippen molar-refractivity contribution in [1.82, 2.24) is 4.90 Å². The molecule has 0 saturated carbocycles. The van der Waals surface area contributed by atoms with E-state index in [1.807, 2.05) is 22.7 Å². The van der Waals surface area contributed by atoms with Crippen molar-refractivity contribution in [2.24, 2.45) is 0 Å². The molecule has 2 nitrogen and oxygen atoms in total. The molecule has 1 aliphatic heterocycles. The van der Waals surface area contributed by atoms with E-state index < -0.39 is 0 Å². The fourth-order valence-corrected chi connectivity index (χ4v) is 2.76. The van der Waals surface area contributed by atoms with E-state index in [0.717, 1.165) is 18.1 Å². The molecule has 1 fully saturated rings. The van der Waals surface area contributed by atoms with E-state index in [1.165, 1.54) is 0 Å². The molecule has 0 aliphatic carbocycles. The predicted molar refractivity (Wildman–Crippen MR) is 47.2 cm³/mol. The van der Waals surface area contributed by atoms with Crippen molar-refractivity contribution in [3.05, 3.63) is 0 Å². The third-order valence-electron chi connectivity index (χ3n) is 1.42. The zero-order valence-electron chi connectivity index (χ0n) is 6.00. The summed E-state index contributed by atoms with van der Waals surface area (Å²) in [5.74, 6) is 2.31. The van der Waals surface area contributed by atoms with Gasteiger partial charge in [0.1, 0.15) is 0 Å². The zero-order valence-corrected chi connectivity index (χ0v) is 7.63. The zero-order chi connectivity index (χ0) is 7.40. The molecule has 1 saturated heterocycles. The van der Waals surface area contributed by atoms with Crippen LogP contribution in [0.1, 0.15) is 6.42 Å². The van der Waals surface area contributed by atoms with E-state index in [-0.39, 0.29) is 5.91 Å². The Balaban J connectivity index is 2.35. The molecule has 1 aliphatic rings. The molecule has 0 atom stereocenters. The second-order valence-corrected chi connectivity index (χ2v) is 4.91. The monoisotopic (exact) mass is 177 g/mol. The van der Waals surface area contributed by atoms with E-state index >= 15 is 0 Å². The first-order chi connectivity index (χ1) is 4.80. The number of rotatable bonds is 0. The smallest absolute Gasteiger partial charge is 0.223 e. The topological polar surface area (TPSA) is 20.3 Å². The van der Waals surface area contributed by atoms with E-state index in [1.54, 1.807) is 10.8 Å². The molecule has 1 amide bonds. The summed E-state index contributed by atoms with van der Waals surface area (Å²) < 4.78 is 0. The van der Waals surface area contributed by atoms with Gasteiger partial charge in [-0.1, -0.05) is 21.6 Å². The average Bonchev–Trinajstić information content (AvgIpc) is 1.92. The van der Waals surface area contributed by atoms with Gasteiger partial charge in [-0.15, -0.1) is 0 Å². The van der Waals surface area contributed by atoms with Crippen molar-refractivity contribution in [1.29, 1.82) is 0 Å². The van der Waals surface area contributed by atoms with Gasteiger partial charge in [0.25, 0.3) is 0 Å². The van der Waals surface area contributed by atoms with Gasteiger partial charge in [0.2, 0.25) is 5.91 Å². The summed E-state index contributed by atoms with van der Waals surface area (Å²) in [5.41, 5.74) is 0. The number of carbonyl (C=O) groups is 1. The van der Waals surface area contributed by atoms with Gasteiger partial charge in [-0.05, 0) is 0 Å². The van der Waals surface area contributed by atoms with E-state index in [2.05, 4.69) is 0 Å². The maximum atomic E-state index is 11.1. The fraction of sp³-hybridized carbons (Fsp3) is 0.833. The molecule has 0 aromatic carbocycles. The van der Waals surface area contributed by atoms with Crippen LogP contribution in [0.25, 0.3) is 0 Å². The Hall–Kier alpha value is 0.170. The number of amides is 1. The summed E-state index contributed by atoms with van der Waals surface area (Å²) in [6.07, 6.45) is 0.703. The second-order valence-electron chi connectivity index (χ2n) is 2.21. The highest BCUT2D eigenvalue weighted by Crippen LogP contribution is 2.23. The third-order valence-corrected chi connectivity index (χ3v) is 3.81. The van der Waals surface area contributed by atoms with Crippen LogP contribution in [0, 0.1) is 0 Å². The van der Waals surface area contributed by atoms with Crippen LogP contribution >= 0.6 is 21.6 Å². The summed E-state index contributed by atoms with van der Waals surface area (Å²) in [5, 5.41) is 0. The van der Waals surface area contributed by atoms with Crippen LogP contribution in [-0.2, 0) is 4.79 Å². The van der Waals surface area contributed by atoms with Gasteiger partial charge in [0, 0.05) is 31.5 Å². The summed E-state index contributed by atoms with van der Waals surface area (Å²) in [6.45, 7) is 0.899. The average molecular weight is 177 g/mol. The summed E-state index contributed by atoms with van der Waals surface area (Å²) in [7, 11) is 5.54. The lowest BCUT2D eigenvalue weighted by Crippen LogP contribution is -2.29. The predicted octanol–water partition coefficient (Wildman–Crippen LogP) is 1.23. The minimum absolute atomic E-state index is 0.285. The molecular weight excluding hydrogens is 166 g/mol. The van der Waals surface area contributed by atoms with E-state index in [9.17, 15) is 4.79 Å². The standard InChI is InChI=1S/C6H11NOS2/c1-7-3-5-10-9-4-2-6(7)8/h2-5H2,1H3. The summed E-state index contributed by atoms with van der Waals surface area (Å²) in [4.78, 5) is 12.9. The van der Waals surface area contributed by atoms with Crippen LogP contribution in [0.4, 0.5) is 0 Å². The first-order valence-corrected chi connectivity index (χ1v) is 5.78. The number of nitrogens with zero attached hydrogens (tertiary/aromatic N) is 1. The summed E-state index contributed by atoms with van der Waals surface area (Å²) in [6, 6.07) is 0. The third kappa shape index (κ3) is 2.42. The molecule has 0 unspecified atom stereocenters. The highest BCUT2D eigenvalue weighted by molar-refractivity contribution is 8.76. The van der Waals surface area contributed by atoms with Crippen molar-refractivity contribution >= 4 is 27.5 Å². The van der Waals surface area contributed by atoms with Crippen LogP contribution in [0.5, 0.6) is 0 Å². The van der Waals surface area contributed by atoms with Gasteiger partial charge < -0.3 is 4.90 Å². The molecule has 1 rings (SSSR count). The van der Waals surface area contributed by atoms with Crippen molar-refractivity contribution in [2.75, 3.05) is 25.1 Å². The first kappa shape index (κ1) is 8.27. The van der Waals surface area contributed by atoms with Crippen LogP contribution in [0.2, 0.25) is 0 Å². The van der Waals surface area contributed by atoms with Crippen LogP contribution in [0.3, 0.4) is 0 Å². The minimum atomic E-state index is 0.285. The Kier molecular flexibility index (Phi) is 3.42. The Morgan fingerprint density at radius 2 is 2.10 bits per heavy atom. The molecule has 0 aromatic heterocycles. The molecule has 0 radical (unpaired) electrons. The van der Waals surface area contributed by atoms with Gasteiger partial charge >= 0.3 is 0 Å². The largest absolute Gasteiger partial charge is 0.345 e. The van der Waals surface area contributed by atoms with Gasteiger partial charge in [0.15, 0.2) is 0 Å². The van der Waals surface area contributed by atoms with Crippen molar-refractivity contribution in [3.8, 4) is 0 Å². The quantitative estimate of drug-likeness (QED) is 0.519. The molecule has 0 aromatic rings. The van der Waals surface area contributed by atoms with Gasteiger partial charge in [-0.2, -0.15) is 0 Å². The van der Waals surface area contributed by atoms with Gasteiger partial charge in [-0.3, -0.25) is 4.79 Å². The fourth-order valence-electron chi connectivity index (χ4n) is 0.737.